The molecule has 0 saturated carbocycles. The van der Waals surface area contributed by atoms with Gasteiger partial charge in [-0.25, -0.2) is 0 Å². The summed E-state index contributed by atoms with van der Waals surface area (Å²) in [5.41, 5.74) is 0.858. The maximum atomic E-state index is 10.2. The minimum Gasteiger partial charge on any atom is -0.389 e. The number of aliphatic hydroxyl groups excluding tert-OH is 1. The fourth-order valence-corrected chi connectivity index (χ4v) is 2.86. The molecule has 0 spiro atoms. The van der Waals surface area contributed by atoms with Gasteiger partial charge in [-0.2, -0.15) is 0 Å². The number of fused-ring (bicyclic) bond motifs is 1. The molecule has 1 aromatic carbocycles. The first kappa shape index (κ1) is 17.1. The smallest absolute Gasteiger partial charge is 0.164 e. The number of β-amino-alcohol motifs (C(OH)–C–C–N with tert-alkyl or cyclic N) is 1. The van der Waals surface area contributed by atoms with Gasteiger partial charge in [-0.05, 0) is 20.8 Å². The topological polar surface area (TPSA) is 63.4 Å². The molecule has 130 valence electrons. The van der Waals surface area contributed by atoms with Crippen molar-refractivity contribution in [2.75, 3.05) is 19.7 Å². The van der Waals surface area contributed by atoms with Crippen molar-refractivity contribution in [3.63, 3.8) is 0 Å². The van der Waals surface area contributed by atoms with E-state index in [1.165, 1.54) is 0 Å². The average molecular weight is 330 g/mol. The lowest BCUT2D eigenvalue weighted by Crippen LogP contribution is -2.41. The van der Waals surface area contributed by atoms with Crippen LogP contribution in [-0.4, -0.2) is 56.2 Å². The Bertz CT molecular complexity index is 663. The second-order valence-corrected chi connectivity index (χ2v) is 7.27. The molecule has 6 heteroatoms. The molecule has 1 aromatic heterocycles. The highest BCUT2D eigenvalue weighted by Crippen LogP contribution is 2.21. The molecule has 1 aliphatic heterocycles. The minimum absolute atomic E-state index is 0.229. The molecular weight excluding hydrogens is 304 g/mol. The molecule has 1 aliphatic rings. The zero-order valence-corrected chi connectivity index (χ0v) is 14.6. The Hall–Kier alpha value is -1.76. The number of aromatic nitrogens is 3. The van der Waals surface area contributed by atoms with Crippen LogP contribution in [-0.2, 0) is 17.8 Å². The first-order valence-corrected chi connectivity index (χ1v) is 8.44. The van der Waals surface area contributed by atoms with Crippen LogP contribution in [0.15, 0.2) is 30.3 Å². The number of aliphatic hydroxyl groups is 1. The van der Waals surface area contributed by atoms with Crippen molar-refractivity contribution < 1.29 is 9.84 Å². The van der Waals surface area contributed by atoms with Gasteiger partial charge in [-0.3, -0.25) is 4.90 Å². The van der Waals surface area contributed by atoms with Crippen molar-refractivity contribution >= 4 is 0 Å². The molecule has 2 heterocycles. The van der Waals surface area contributed by atoms with Gasteiger partial charge in [0.05, 0.1) is 24.9 Å². The maximum Gasteiger partial charge on any atom is 0.164 e. The lowest BCUT2D eigenvalue weighted by atomic mass is 10.2. The van der Waals surface area contributed by atoms with Gasteiger partial charge in [0.2, 0.25) is 0 Å². The molecule has 0 bridgehead atoms. The van der Waals surface area contributed by atoms with Crippen molar-refractivity contribution in [1.29, 1.82) is 0 Å². The van der Waals surface area contributed by atoms with E-state index in [9.17, 15) is 5.11 Å². The van der Waals surface area contributed by atoms with Gasteiger partial charge in [0.25, 0.3) is 0 Å². The van der Waals surface area contributed by atoms with Gasteiger partial charge in [0, 0.05) is 25.2 Å². The van der Waals surface area contributed by atoms with Crippen LogP contribution in [0.3, 0.4) is 0 Å². The van der Waals surface area contributed by atoms with Gasteiger partial charge in [0.15, 0.2) is 5.82 Å². The largest absolute Gasteiger partial charge is 0.389 e. The number of hydrogen-bond donors (Lipinski definition) is 1. The van der Waals surface area contributed by atoms with Crippen LogP contribution in [0.4, 0.5) is 0 Å². The molecule has 0 aliphatic carbocycles. The highest BCUT2D eigenvalue weighted by molar-refractivity contribution is 5.55. The fourth-order valence-electron chi connectivity index (χ4n) is 2.86. The molecule has 1 unspecified atom stereocenters. The van der Waals surface area contributed by atoms with E-state index in [1.807, 2.05) is 39.0 Å². The van der Waals surface area contributed by atoms with Crippen LogP contribution in [0.1, 0.15) is 26.6 Å². The lowest BCUT2D eigenvalue weighted by Gasteiger charge is -2.30. The Morgan fingerprint density at radius 1 is 1.17 bits per heavy atom. The van der Waals surface area contributed by atoms with Crippen LogP contribution in [0.25, 0.3) is 11.4 Å². The molecule has 1 atom stereocenters. The number of ether oxygens (including phenoxy) is 1. The number of benzene rings is 1. The lowest BCUT2D eigenvalue weighted by molar-refractivity contribution is -0.0577. The molecule has 0 radical (unpaired) electrons. The average Bonchev–Trinajstić information content (AvgIpc) is 2.96. The van der Waals surface area contributed by atoms with E-state index in [-0.39, 0.29) is 5.60 Å². The van der Waals surface area contributed by atoms with E-state index in [0.29, 0.717) is 19.7 Å². The summed E-state index contributed by atoms with van der Waals surface area (Å²) in [5, 5.41) is 18.9. The molecule has 2 aromatic rings. The fraction of sp³-hybridized carbons (Fsp3) is 0.556. The summed E-state index contributed by atoms with van der Waals surface area (Å²) < 4.78 is 7.82. The zero-order valence-electron chi connectivity index (χ0n) is 14.6. The Kier molecular flexibility index (Phi) is 4.99. The van der Waals surface area contributed by atoms with E-state index < -0.39 is 6.10 Å². The van der Waals surface area contributed by atoms with Gasteiger partial charge < -0.3 is 14.4 Å². The molecule has 0 fully saturated rings. The molecular formula is C18H26N4O2. The predicted octanol–water partition coefficient (Wildman–Crippen LogP) is 1.94. The Morgan fingerprint density at radius 3 is 2.62 bits per heavy atom. The molecule has 0 saturated heterocycles. The number of nitrogens with zero attached hydrogens (tertiary/aromatic N) is 4. The Morgan fingerprint density at radius 2 is 1.92 bits per heavy atom. The quantitative estimate of drug-likeness (QED) is 0.908. The number of hydrogen-bond acceptors (Lipinski definition) is 5. The highest BCUT2D eigenvalue weighted by Gasteiger charge is 2.24. The SMILES string of the molecule is CC(C)(C)OCC(O)CN1CCn2c(nnc2-c2ccccc2)C1. The molecule has 24 heavy (non-hydrogen) atoms. The zero-order chi connectivity index (χ0) is 17.2. The third kappa shape index (κ3) is 4.20. The van der Waals surface area contributed by atoms with Crippen molar-refractivity contribution in [2.24, 2.45) is 0 Å². The van der Waals surface area contributed by atoms with Gasteiger partial charge >= 0.3 is 0 Å². The second kappa shape index (κ2) is 7.01. The predicted molar refractivity (Wildman–Crippen MR) is 92.4 cm³/mol. The third-order valence-electron chi connectivity index (χ3n) is 4.04. The summed E-state index contributed by atoms with van der Waals surface area (Å²) in [6, 6.07) is 10.1. The van der Waals surface area contributed by atoms with Crippen molar-refractivity contribution in [3.05, 3.63) is 36.2 Å². The summed E-state index contributed by atoms with van der Waals surface area (Å²) in [7, 11) is 0. The highest BCUT2D eigenvalue weighted by atomic mass is 16.5. The molecule has 1 N–H and O–H groups in total. The van der Waals surface area contributed by atoms with E-state index in [4.69, 9.17) is 4.74 Å². The Balaban J connectivity index is 1.61. The molecule has 3 rings (SSSR count). The minimum atomic E-state index is -0.493. The van der Waals surface area contributed by atoms with Crippen molar-refractivity contribution in [1.82, 2.24) is 19.7 Å². The first-order chi connectivity index (χ1) is 11.4. The maximum absolute atomic E-state index is 10.2. The third-order valence-corrected chi connectivity index (χ3v) is 4.04. The molecule has 0 amide bonds. The van der Waals surface area contributed by atoms with Gasteiger partial charge in [0.1, 0.15) is 5.82 Å². The summed E-state index contributed by atoms with van der Waals surface area (Å²) in [6.45, 7) is 9.32. The van der Waals surface area contributed by atoms with E-state index in [0.717, 1.165) is 30.3 Å². The van der Waals surface area contributed by atoms with E-state index in [1.54, 1.807) is 0 Å². The van der Waals surface area contributed by atoms with Gasteiger partial charge in [-0.1, -0.05) is 30.3 Å². The standard InChI is InChI=1S/C18H26N4O2/c1-18(2,3)24-13-15(23)11-21-9-10-22-16(12-21)19-20-17(22)14-7-5-4-6-8-14/h4-8,15,23H,9-13H2,1-3H3. The molecule has 6 nitrogen and oxygen atoms in total. The summed E-state index contributed by atoms with van der Waals surface area (Å²) >= 11 is 0. The van der Waals surface area contributed by atoms with Crippen LogP contribution in [0.2, 0.25) is 0 Å². The van der Waals surface area contributed by atoms with Crippen LogP contribution >= 0.6 is 0 Å². The van der Waals surface area contributed by atoms with Crippen LogP contribution < -0.4 is 0 Å². The van der Waals surface area contributed by atoms with Crippen molar-refractivity contribution in [3.8, 4) is 11.4 Å². The van der Waals surface area contributed by atoms with E-state index in [2.05, 4.69) is 31.8 Å². The second-order valence-electron chi connectivity index (χ2n) is 7.27. The normalized spacial score (nSPS) is 16.8. The summed E-state index contributed by atoms with van der Waals surface area (Å²) in [6.07, 6.45) is -0.493. The van der Waals surface area contributed by atoms with Crippen LogP contribution in [0.5, 0.6) is 0 Å². The van der Waals surface area contributed by atoms with E-state index >= 15 is 0 Å². The Labute approximate surface area is 143 Å². The van der Waals surface area contributed by atoms with Gasteiger partial charge in [-0.15, -0.1) is 10.2 Å². The summed E-state index contributed by atoms with van der Waals surface area (Å²) in [4.78, 5) is 2.20. The first-order valence-electron chi connectivity index (χ1n) is 8.44. The monoisotopic (exact) mass is 330 g/mol. The van der Waals surface area contributed by atoms with Crippen LogP contribution in [0, 0.1) is 0 Å². The summed E-state index contributed by atoms with van der Waals surface area (Å²) in [5.74, 6) is 1.87. The number of rotatable bonds is 5. The van der Waals surface area contributed by atoms with Crippen molar-refractivity contribution in [2.45, 2.75) is 45.6 Å².